The molecule has 0 spiro atoms. The molecular weight excluding hydrogens is 350 g/mol. The van der Waals surface area contributed by atoms with Crippen LogP contribution in [0.3, 0.4) is 0 Å². The van der Waals surface area contributed by atoms with E-state index >= 15 is 0 Å². The van der Waals surface area contributed by atoms with E-state index in [9.17, 15) is 18.4 Å². The van der Waals surface area contributed by atoms with Crippen molar-refractivity contribution < 1.29 is 13.6 Å². The Bertz CT molecular complexity index is 837. The topological polar surface area (TPSA) is 79.0 Å². The van der Waals surface area contributed by atoms with Crippen LogP contribution in [0.15, 0.2) is 23.0 Å². The first-order chi connectivity index (χ1) is 12.0. The first-order valence-corrected chi connectivity index (χ1v) is 8.97. The molecule has 132 valence electrons. The summed E-state index contributed by atoms with van der Waals surface area (Å²) in [4.78, 5) is 28.5. The molecule has 1 amide bonds. The number of thioether (sulfide) groups is 1. The summed E-state index contributed by atoms with van der Waals surface area (Å²) in [6, 6.07) is 3.19. The lowest BCUT2D eigenvalue weighted by molar-refractivity contribution is -0.130. The van der Waals surface area contributed by atoms with Gasteiger partial charge < -0.3 is 9.88 Å². The molecule has 0 radical (unpaired) electrons. The lowest BCUT2D eigenvalue weighted by Gasteiger charge is -2.26. The molecule has 1 aliphatic rings. The zero-order valence-electron chi connectivity index (χ0n) is 13.3. The van der Waals surface area contributed by atoms with Crippen molar-refractivity contribution in [1.29, 1.82) is 0 Å². The summed E-state index contributed by atoms with van der Waals surface area (Å²) in [7, 11) is 0. The minimum atomic E-state index is -1.03. The molecular formula is C16H16F2N4O2S. The Labute approximate surface area is 146 Å². The van der Waals surface area contributed by atoms with E-state index in [4.69, 9.17) is 0 Å². The van der Waals surface area contributed by atoms with Gasteiger partial charge in [-0.2, -0.15) is 11.8 Å². The van der Waals surface area contributed by atoms with Gasteiger partial charge in [0.2, 0.25) is 5.91 Å². The number of benzene rings is 1. The van der Waals surface area contributed by atoms with Crippen LogP contribution in [0.4, 0.5) is 8.78 Å². The van der Waals surface area contributed by atoms with E-state index in [1.165, 1.54) is 6.07 Å². The van der Waals surface area contributed by atoms with Gasteiger partial charge in [0.25, 0.3) is 5.56 Å². The highest BCUT2D eigenvalue weighted by Crippen LogP contribution is 2.16. The summed E-state index contributed by atoms with van der Waals surface area (Å²) >= 11 is 1.81. The zero-order chi connectivity index (χ0) is 17.8. The molecule has 1 aromatic carbocycles. The number of halogens is 2. The number of aromatic nitrogens is 3. The van der Waals surface area contributed by atoms with Gasteiger partial charge in [-0.15, -0.1) is 10.2 Å². The first kappa shape index (κ1) is 17.5. The first-order valence-electron chi connectivity index (χ1n) is 7.81. The maximum absolute atomic E-state index is 13.3. The monoisotopic (exact) mass is 366 g/mol. The van der Waals surface area contributed by atoms with Crippen molar-refractivity contribution in [3.63, 3.8) is 0 Å². The Hall–Kier alpha value is -2.29. The fraction of sp³-hybridized carbons (Fsp3) is 0.375. The highest BCUT2D eigenvalue weighted by molar-refractivity contribution is 7.99. The van der Waals surface area contributed by atoms with E-state index in [1.807, 2.05) is 11.8 Å². The van der Waals surface area contributed by atoms with Crippen LogP contribution < -0.4 is 5.56 Å². The predicted octanol–water partition coefficient (Wildman–Crippen LogP) is 1.62. The molecule has 1 aromatic heterocycles. The van der Waals surface area contributed by atoms with Gasteiger partial charge in [-0.05, 0) is 18.2 Å². The number of carbonyl (C=O) groups excluding carboxylic acids is 1. The summed E-state index contributed by atoms with van der Waals surface area (Å²) in [5, 5.41) is 7.69. The molecule has 2 heterocycles. The average molecular weight is 366 g/mol. The predicted molar refractivity (Wildman–Crippen MR) is 90.2 cm³/mol. The molecule has 1 N–H and O–H groups in total. The van der Waals surface area contributed by atoms with Gasteiger partial charge >= 0.3 is 0 Å². The number of amides is 1. The van der Waals surface area contributed by atoms with Crippen molar-refractivity contribution in [2.75, 3.05) is 24.6 Å². The van der Waals surface area contributed by atoms with E-state index in [1.54, 1.807) is 4.90 Å². The lowest BCUT2D eigenvalue weighted by Crippen LogP contribution is -2.38. The fourth-order valence-corrected chi connectivity index (χ4v) is 3.40. The molecule has 0 bridgehead atoms. The summed E-state index contributed by atoms with van der Waals surface area (Å²) in [5.41, 5.74) is -0.125. The number of hydrogen-bond donors (Lipinski definition) is 1. The third-order valence-corrected chi connectivity index (χ3v) is 4.84. The molecule has 0 saturated carbocycles. The number of nitrogens with one attached hydrogen (secondary N) is 1. The number of aromatic amines is 1. The van der Waals surface area contributed by atoms with Crippen LogP contribution in [-0.2, 0) is 11.2 Å². The Morgan fingerprint density at radius 2 is 1.96 bits per heavy atom. The van der Waals surface area contributed by atoms with E-state index in [2.05, 4.69) is 15.2 Å². The van der Waals surface area contributed by atoms with Crippen molar-refractivity contribution in [2.45, 2.75) is 12.8 Å². The summed E-state index contributed by atoms with van der Waals surface area (Å²) in [5.74, 6) is -0.123. The molecule has 0 aliphatic carbocycles. The molecule has 1 fully saturated rings. The molecule has 2 aromatic rings. The van der Waals surface area contributed by atoms with E-state index in [-0.39, 0.29) is 35.8 Å². The number of rotatable bonds is 4. The van der Waals surface area contributed by atoms with Crippen LogP contribution in [0.5, 0.6) is 0 Å². The second-order valence-corrected chi connectivity index (χ2v) is 6.80. The van der Waals surface area contributed by atoms with Gasteiger partial charge in [-0.1, -0.05) is 0 Å². The molecule has 0 atom stereocenters. The van der Waals surface area contributed by atoms with Crippen LogP contribution in [0.2, 0.25) is 0 Å². The van der Waals surface area contributed by atoms with Crippen LogP contribution >= 0.6 is 11.8 Å². The second-order valence-electron chi connectivity index (χ2n) is 5.57. The smallest absolute Gasteiger partial charge is 0.273 e. The van der Waals surface area contributed by atoms with Crippen LogP contribution in [0.1, 0.15) is 12.1 Å². The number of H-pyrrole nitrogens is 1. The third-order valence-electron chi connectivity index (χ3n) is 3.90. The van der Waals surface area contributed by atoms with Crippen molar-refractivity contribution >= 4 is 17.7 Å². The average Bonchev–Trinajstić information content (AvgIpc) is 2.63. The highest BCUT2D eigenvalue weighted by Gasteiger charge is 2.17. The molecule has 3 rings (SSSR count). The Kier molecular flexibility index (Phi) is 5.42. The van der Waals surface area contributed by atoms with Crippen LogP contribution in [-0.4, -0.2) is 50.6 Å². The van der Waals surface area contributed by atoms with Crippen molar-refractivity contribution in [2.24, 2.45) is 0 Å². The largest absolute Gasteiger partial charge is 0.341 e. The van der Waals surface area contributed by atoms with Gasteiger partial charge in [0, 0.05) is 43.0 Å². The van der Waals surface area contributed by atoms with Crippen LogP contribution in [0.25, 0.3) is 11.4 Å². The Morgan fingerprint density at radius 3 is 2.64 bits per heavy atom. The fourth-order valence-electron chi connectivity index (χ4n) is 2.49. The lowest BCUT2D eigenvalue weighted by atomic mass is 10.2. The zero-order valence-corrected chi connectivity index (χ0v) is 14.1. The number of nitrogens with zero attached hydrogens (tertiary/aromatic N) is 3. The molecule has 0 unspecified atom stereocenters. The second kappa shape index (κ2) is 7.73. The third kappa shape index (κ3) is 4.22. The molecule has 9 heteroatoms. The maximum Gasteiger partial charge on any atom is 0.273 e. The van der Waals surface area contributed by atoms with Crippen molar-refractivity contribution in [3.8, 4) is 11.4 Å². The van der Waals surface area contributed by atoms with Gasteiger partial charge in [0.1, 0.15) is 5.69 Å². The maximum atomic E-state index is 13.3. The van der Waals surface area contributed by atoms with Crippen molar-refractivity contribution in [1.82, 2.24) is 20.1 Å². The Balaban J connectivity index is 1.68. The number of carbonyl (C=O) groups is 1. The van der Waals surface area contributed by atoms with Gasteiger partial charge in [-0.25, -0.2) is 8.78 Å². The van der Waals surface area contributed by atoms with Gasteiger partial charge in [-0.3, -0.25) is 9.59 Å². The standard InChI is InChI=1S/C16H16F2N4O2S/c17-11-2-1-10(9-12(11)18)15-19-16(24)13(20-21-15)3-4-14(23)22-5-7-25-8-6-22/h1-2,9H,3-8H2,(H,19,21,24). The van der Waals surface area contributed by atoms with Crippen molar-refractivity contribution in [3.05, 3.63) is 45.9 Å². The molecule has 1 saturated heterocycles. The molecule has 25 heavy (non-hydrogen) atoms. The molecule has 1 aliphatic heterocycles. The number of hydrogen-bond acceptors (Lipinski definition) is 5. The SMILES string of the molecule is O=C(CCc1nnc(-c2ccc(F)c(F)c2)[nH]c1=O)N1CCSCC1. The minimum Gasteiger partial charge on any atom is -0.341 e. The summed E-state index contributed by atoms with van der Waals surface area (Å²) in [6.07, 6.45) is 0.371. The Morgan fingerprint density at radius 1 is 1.20 bits per heavy atom. The number of aryl methyl sites for hydroxylation is 1. The van der Waals surface area contributed by atoms with Gasteiger partial charge in [0.05, 0.1) is 0 Å². The van der Waals surface area contributed by atoms with E-state index < -0.39 is 17.2 Å². The highest BCUT2D eigenvalue weighted by atomic mass is 32.2. The van der Waals surface area contributed by atoms with E-state index in [0.29, 0.717) is 0 Å². The normalized spacial score (nSPS) is 14.6. The van der Waals surface area contributed by atoms with Crippen LogP contribution in [0, 0.1) is 11.6 Å². The summed E-state index contributed by atoms with van der Waals surface area (Å²) < 4.78 is 26.2. The van der Waals surface area contributed by atoms with Gasteiger partial charge in [0.15, 0.2) is 17.5 Å². The summed E-state index contributed by atoms with van der Waals surface area (Å²) in [6.45, 7) is 1.45. The van der Waals surface area contributed by atoms with E-state index in [0.717, 1.165) is 36.7 Å². The quantitative estimate of drug-likeness (QED) is 0.890. The minimum absolute atomic E-state index is 0.00816. The molecule has 6 nitrogen and oxygen atoms in total.